The van der Waals surface area contributed by atoms with Crippen molar-refractivity contribution in [2.24, 2.45) is 0 Å². The summed E-state index contributed by atoms with van der Waals surface area (Å²) in [6.45, 7) is 0. The lowest BCUT2D eigenvalue weighted by Gasteiger charge is -2.10. The van der Waals surface area contributed by atoms with Gasteiger partial charge in [0.25, 0.3) is 0 Å². The number of hydrogen-bond donors (Lipinski definition) is 2. The SMILES string of the molecule is C1=Cc2nc1c(-c1ccccc1)c1ccc([nH]1)c(-c1ccccc1)c1nc(c(-c3nc(-c4ccccc4)cc(-c4ccccc4)n3)c3ccc([nH]3)c2-c2ccccc2)C=C1. The number of fused-ring (bicyclic) bond motifs is 8. The van der Waals surface area contributed by atoms with E-state index in [1.165, 1.54) is 0 Å². The van der Waals surface area contributed by atoms with Crippen molar-refractivity contribution < 1.29 is 0 Å². The highest BCUT2D eigenvalue weighted by molar-refractivity contribution is 5.99. The van der Waals surface area contributed by atoms with E-state index in [0.29, 0.717) is 5.82 Å². The summed E-state index contributed by atoms with van der Waals surface area (Å²) in [5, 5.41) is 0. The molecule has 60 heavy (non-hydrogen) atoms. The summed E-state index contributed by atoms with van der Waals surface area (Å²) in [6, 6.07) is 62.6. The third kappa shape index (κ3) is 6.42. The monoisotopic (exact) mass is 768 g/mol. The van der Waals surface area contributed by atoms with E-state index in [2.05, 4.69) is 162 Å². The molecule has 8 bridgehead atoms. The van der Waals surface area contributed by atoms with Gasteiger partial charge in [-0.3, -0.25) is 0 Å². The zero-order valence-electron chi connectivity index (χ0n) is 32.4. The Morgan fingerprint density at radius 3 is 0.883 bits per heavy atom. The Morgan fingerprint density at radius 1 is 0.267 bits per heavy atom. The Bertz CT molecular complexity index is 3180. The molecule has 9 aromatic rings. The fraction of sp³-hybridized carbons (Fsp3) is 0. The van der Waals surface area contributed by atoms with Crippen LogP contribution in [0.5, 0.6) is 0 Å². The second-order valence-electron chi connectivity index (χ2n) is 14.8. The van der Waals surface area contributed by atoms with Gasteiger partial charge in [0, 0.05) is 44.4 Å². The van der Waals surface area contributed by atoms with Crippen molar-refractivity contribution >= 4 is 46.4 Å². The van der Waals surface area contributed by atoms with Gasteiger partial charge in [-0.05, 0) is 71.3 Å². The lowest BCUT2D eigenvalue weighted by Crippen LogP contribution is -1.98. The molecular formula is C54H36N6. The molecule has 0 atom stereocenters. The summed E-state index contributed by atoms with van der Waals surface area (Å²) >= 11 is 0. The van der Waals surface area contributed by atoms with Crippen LogP contribution in [0, 0.1) is 0 Å². The Kier molecular flexibility index (Phi) is 8.71. The van der Waals surface area contributed by atoms with Crippen LogP contribution in [0.1, 0.15) is 22.8 Å². The van der Waals surface area contributed by atoms with Gasteiger partial charge in [0.2, 0.25) is 0 Å². The molecule has 2 aliphatic heterocycles. The molecule has 282 valence electrons. The number of hydrogen-bond acceptors (Lipinski definition) is 4. The van der Waals surface area contributed by atoms with Gasteiger partial charge in [-0.15, -0.1) is 0 Å². The normalized spacial score (nSPS) is 11.9. The van der Waals surface area contributed by atoms with Crippen molar-refractivity contribution in [2.45, 2.75) is 0 Å². The van der Waals surface area contributed by atoms with E-state index in [-0.39, 0.29) is 0 Å². The minimum Gasteiger partial charge on any atom is -0.354 e. The first-order valence-electron chi connectivity index (χ1n) is 20.1. The van der Waals surface area contributed by atoms with Crippen LogP contribution < -0.4 is 0 Å². The molecule has 0 unspecified atom stereocenters. The fourth-order valence-corrected chi connectivity index (χ4v) is 8.24. The molecule has 6 heteroatoms. The first kappa shape index (κ1) is 35.0. The Hall–Kier alpha value is -8.22. The van der Waals surface area contributed by atoms with E-state index in [1.54, 1.807) is 0 Å². The highest BCUT2D eigenvalue weighted by atomic mass is 14.9. The van der Waals surface area contributed by atoms with Crippen LogP contribution in [0.2, 0.25) is 0 Å². The molecule has 5 aromatic carbocycles. The maximum Gasteiger partial charge on any atom is 0.164 e. The first-order valence-corrected chi connectivity index (χ1v) is 20.1. The quantitative estimate of drug-likeness (QED) is 0.176. The topological polar surface area (TPSA) is 83.1 Å². The maximum absolute atomic E-state index is 5.47. The van der Waals surface area contributed by atoms with Gasteiger partial charge in [0.1, 0.15) is 0 Å². The minimum atomic E-state index is 0.565. The number of aromatic nitrogens is 6. The molecule has 0 amide bonds. The number of nitrogens with zero attached hydrogens (tertiary/aromatic N) is 4. The van der Waals surface area contributed by atoms with Crippen molar-refractivity contribution in [1.29, 1.82) is 0 Å². The summed E-state index contributed by atoms with van der Waals surface area (Å²) in [4.78, 5) is 29.2. The van der Waals surface area contributed by atoms with Gasteiger partial charge in [0.15, 0.2) is 5.82 Å². The van der Waals surface area contributed by atoms with Gasteiger partial charge in [-0.2, -0.15) is 0 Å². The minimum absolute atomic E-state index is 0.565. The Labute approximate surface area is 347 Å². The smallest absolute Gasteiger partial charge is 0.164 e. The standard InChI is InChI=1S/C54H36N6/c1-6-16-35(17-7-1)48-34-49(36-18-8-2-9-19-36)60-54(59-48)53-46-32-30-44(57-46)51(38-22-12-4-13-23-38)42-28-26-40(55-42)50(37-20-10-3-11-21-37)41-27-29-43(56-41)52(39-24-14-5-15-25-39)45-31-33-47(53)58-45/h1-34,55,58H. The Balaban J connectivity index is 1.30. The molecule has 0 aliphatic carbocycles. The average molecular weight is 769 g/mol. The van der Waals surface area contributed by atoms with E-state index in [0.717, 1.165) is 106 Å². The van der Waals surface area contributed by atoms with E-state index >= 15 is 0 Å². The van der Waals surface area contributed by atoms with E-state index < -0.39 is 0 Å². The van der Waals surface area contributed by atoms with Gasteiger partial charge >= 0.3 is 0 Å². The fourth-order valence-electron chi connectivity index (χ4n) is 8.24. The average Bonchev–Trinajstić information content (AvgIpc) is 4.17. The summed E-state index contributed by atoms with van der Waals surface area (Å²) in [5.41, 5.74) is 17.6. The zero-order chi connectivity index (χ0) is 39.8. The number of H-pyrrole nitrogens is 2. The lowest BCUT2D eigenvalue weighted by molar-refractivity contribution is 1.17. The summed E-state index contributed by atoms with van der Waals surface area (Å²) in [5.74, 6) is 0.565. The molecule has 0 radical (unpaired) electrons. The van der Waals surface area contributed by atoms with Crippen molar-refractivity contribution in [3.05, 3.63) is 205 Å². The van der Waals surface area contributed by atoms with E-state index in [9.17, 15) is 0 Å². The number of benzene rings is 5. The molecular weight excluding hydrogens is 733 g/mol. The van der Waals surface area contributed by atoms with Crippen LogP contribution >= 0.6 is 0 Å². The van der Waals surface area contributed by atoms with Gasteiger partial charge in [-0.1, -0.05) is 152 Å². The van der Waals surface area contributed by atoms with Crippen molar-refractivity contribution in [2.75, 3.05) is 0 Å². The molecule has 0 saturated heterocycles. The summed E-state index contributed by atoms with van der Waals surface area (Å²) in [6.07, 6.45) is 8.44. The molecule has 6 nitrogen and oxygen atoms in total. The van der Waals surface area contributed by atoms with Crippen LogP contribution in [-0.4, -0.2) is 29.9 Å². The van der Waals surface area contributed by atoms with Crippen molar-refractivity contribution in [3.63, 3.8) is 0 Å². The maximum atomic E-state index is 5.47. The molecule has 11 rings (SSSR count). The van der Waals surface area contributed by atoms with Crippen LogP contribution in [0.25, 0.3) is 114 Å². The highest BCUT2D eigenvalue weighted by Gasteiger charge is 2.21. The zero-order valence-corrected chi connectivity index (χ0v) is 32.4. The molecule has 6 heterocycles. The van der Waals surface area contributed by atoms with Gasteiger partial charge in [-0.25, -0.2) is 19.9 Å². The van der Waals surface area contributed by atoms with Crippen molar-refractivity contribution in [3.8, 4) is 67.3 Å². The van der Waals surface area contributed by atoms with Crippen molar-refractivity contribution in [1.82, 2.24) is 29.9 Å². The second kappa shape index (κ2) is 14.9. The summed E-state index contributed by atoms with van der Waals surface area (Å²) < 4.78 is 0. The van der Waals surface area contributed by atoms with Gasteiger partial charge < -0.3 is 9.97 Å². The van der Waals surface area contributed by atoms with E-state index in [1.807, 2.05) is 54.6 Å². The van der Waals surface area contributed by atoms with E-state index in [4.69, 9.17) is 19.9 Å². The Morgan fingerprint density at radius 2 is 0.550 bits per heavy atom. The first-order chi connectivity index (χ1) is 29.7. The largest absolute Gasteiger partial charge is 0.354 e. The number of nitrogens with one attached hydrogen (secondary N) is 2. The van der Waals surface area contributed by atoms with Gasteiger partial charge in [0.05, 0.1) is 45.2 Å². The highest BCUT2D eigenvalue weighted by Crippen LogP contribution is 2.38. The lowest BCUT2D eigenvalue weighted by atomic mass is 10.0. The number of aromatic amines is 2. The summed E-state index contributed by atoms with van der Waals surface area (Å²) in [7, 11) is 0. The predicted molar refractivity (Wildman–Crippen MR) is 247 cm³/mol. The van der Waals surface area contributed by atoms with Crippen LogP contribution in [0.3, 0.4) is 0 Å². The van der Waals surface area contributed by atoms with Crippen LogP contribution in [0.15, 0.2) is 182 Å². The van der Waals surface area contributed by atoms with Crippen LogP contribution in [-0.2, 0) is 0 Å². The number of rotatable bonds is 6. The second-order valence-corrected chi connectivity index (χ2v) is 14.8. The molecule has 0 saturated carbocycles. The molecule has 4 aromatic heterocycles. The van der Waals surface area contributed by atoms with Crippen LogP contribution in [0.4, 0.5) is 0 Å². The molecule has 2 aliphatic rings. The third-order valence-corrected chi connectivity index (χ3v) is 11.0. The predicted octanol–water partition coefficient (Wildman–Crippen LogP) is 13.4. The molecule has 0 spiro atoms. The third-order valence-electron chi connectivity index (χ3n) is 11.0. The molecule has 0 fully saturated rings. The molecule has 2 N–H and O–H groups in total.